The molecule has 0 saturated carbocycles. The minimum atomic E-state index is 0.850. The average Bonchev–Trinajstić information content (AvgIpc) is 2.26. The van der Waals surface area contributed by atoms with Crippen LogP contribution in [0.25, 0.3) is 0 Å². The molecule has 90 valence electrons. The van der Waals surface area contributed by atoms with Crippen molar-refractivity contribution >= 4 is 0 Å². The van der Waals surface area contributed by atoms with Gasteiger partial charge in [0, 0.05) is 12.6 Å². The van der Waals surface area contributed by atoms with Crippen LogP contribution in [0, 0.1) is 6.92 Å². The van der Waals surface area contributed by atoms with E-state index in [1.807, 2.05) is 12.1 Å². The molecule has 0 fully saturated rings. The highest BCUT2D eigenvalue weighted by atomic mass is 16.5. The highest BCUT2D eigenvalue weighted by Crippen LogP contribution is 2.28. The van der Waals surface area contributed by atoms with E-state index in [0.717, 1.165) is 24.5 Å². The number of benzene rings is 1. The first-order chi connectivity index (χ1) is 7.58. The van der Waals surface area contributed by atoms with Gasteiger partial charge in [0.25, 0.3) is 0 Å². The third kappa shape index (κ3) is 3.14. The lowest BCUT2D eigenvalue weighted by atomic mass is 10.0. The molecule has 1 rings (SSSR count). The first-order valence-electron chi connectivity index (χ1n) is 5.44. The molecule has 0 heterocycles. The zero-order valence-corrected chi connectivity index (χ0v) is 10.8. The van der Waals surface area contributed by atoms with E-state index in [4.69, 9.17) is 9.47 Å². The summed E-state index contributed by atoms with van der Waals surface area (Å²) in [5, 5.41) is 0. The van der Waals surface area contributed by atoms with Crippen molar-refractivity contribution in [3.8, 4) is 11.5 Å². The van der Waals surface area contributed by atoms with E-state index in [2.05, 4.69) is 25.9 Å². The van der Waals surface area contributed by atoms with Gasteiger partial charge in [0.1, 0.15) is 11.5 Å². The molecule has 0 atom stereocenters. The normalized spacial score (nSPS) is 10.6. The Kier molecular flexibility index (Phi) is 4.62. The molecule has 0 bridgehead atoms. The molecule has 1 aromatic rings. The highest BCUT2D eigenvalue weighted by molar-refractivity contribution is 5.46. The van der Waals surface area contributed by atoms with Gasteiger partial charge in [0.15, 0.2) is 0 Å². The molecule has 3 nitrogen and oxygen atoms in total. The van der Waals surface area contributed by atoms with E-state index in [1.54, 1.807) is 14.2 Å². The second kappa shape index (κ2) is 5.75. The van der Waals surface area contributed by atoms with Gasteiger partial charge >= 0.3 is 0 Å². The van der Waals surface area contributed by atoms with Crippen molar-refractivity contribution in [3.05, 3.63) is 23.3 Å². The zero-order valence-electron chi connectivity index (χ0n) is 10.8. The third-order valence-corrected chi connectivity index (χ3v) is 2.67. The molecule has 16 heavy (non-hydrogen) atoms. The van der Waals surface area contributed by atoms with Crippen LogP contribution in [0.2, 0.25) is 0 Å². The molecular formula is C13H21NO2. The average molecular weight is 223 g/mol. The minimum absolute atomic E-state index is 0.850. The standard InChI is InChI=1S/C13H21NO2/c1-10-8-11(15-4)9-13(16-5)12(10)6-7-14(2)3/h8-9H,6-7H2,1-5H3. The van der Waals surface area contributed by atoms with Crippen LogP contribution in [0.1, 0.15) is 11.1 Å². The lowest BCUT2D eigenvalue weighted by Gasteiger charge is -2.15. The number of methoxy groups -OCH3 is 2. The summed E-state index contributed by atoms with van der Waals surface area (Å²) < 4.78 is 10.6. The Balaban J connectivity index is 2.97. The number of hydrogen-bond acceptors (Lipinski definition) is 3. The van der Waals surface area contributed by atoms with Gasteiger partial charge in [-0.05, 0) is 44.6 Å². The summed E-state index contributed by atoms with van der Waals surface area (Å²) in [5.74, 6) is 1.77. The molecule has 0 aliphatic carbocycles. The van der Waals surface area contributed by atoms with Gasteiger partial charge < -0.3 is 14.4 Å². The minimum Gasteiger partial charge on any atom is -0.497 e. The molecule has 0 N–H and O–H groups in total. The number of aryl methyl sites for hydroxylation is 1. The summed E-state index contributed by atoms with van der Waals surface area (Å²) >= 11 is 0. The lowest BCUT2D eigenvalue weighted by molar-refractivity contribution is 0.381. The van der Waals surface area contributed by atoms with E-state index in [-0.39, 0.29) is 0 Å². The van der Waals surface area contributed by atoms with E-state index < -0.39 is 0 Å². The van der Waals surface area contributed by atoms with Crippen LogP contribution in [-0.2, 0) is 6.42 Å². The fourth-order valence-electron chi connectivity index (χ4n) is 1.71. The van der Waals surface area contributed by atoms with Crippen molar-refractivity contribution in [1.29, 1.82) is 0 Å². The maximum Gasteiger partial charge on any atom is 0.126 e. The Morgan fingerprint density at radius 2 is 1.81 bits per heavy atom. The molecule has 0 aliphatic rings. The fourth-order valence-corrected chi connectivity index (χ4v) is 1.71. The summed E-state index contributed by atoms with van der Waals surface area (Å²) in [4.78, 5) is 2.17. The van der Waals surface area contributed by atoms with Crippen LogP contribution in [-0.4, -0.2) is 39.8 Å². The van der Waals surface area contributed by atoms with Crippen LogP contribution in [0.15, 0.2) is 12.1 Å². The van der Waals surface area contributed by atoms with Gasteiger partial charge in [-0.15, -0.1) is 0 Å². The van der Waals surface area contributed by atoms with Crippen LogP contribution < -0.4 is 9.47 Å². The molecule has 1 aromatic carbocycles. The molecule has 0 aliphatic heterocycles. The number of likely N-dealkylation sites (N-methyl/N-ethyl adjacent to an activating group) is 1. The molecule has 0 spiro atoms. The smallest absolute Gasteiger partial charge is 0.126 e. The molecule has 0 unspecified atom stereocenters. The second-order valence-corrected chi connectivity index (χ2v) is 4.18. The van der Waals surface area contributed by atoms with Gasteiger partial charge in [-0.1, -0.05) is 0 Å². The molecule has 0 radical (unpaired) electrons. The van der Waals surface area contributed by atoms with Crippen LogP contribution in [0.5, 0.6) is 11.5 Å². The van der Waals surface area contributed by atoms with Crippen LogP contribution in [0.4, 0.5) is 0 Å². The van der Waals surface area contributed by atoms with Crippen molar-refractivity contribution in [2.45, 2.75) is 13.3 Å². The number of nitrogens with zero attached hydrogens (tertiary/aromatic N) is 1. The van der Waals surface area contributed by atoms with Gasteiger partial charge in [-0.25, -0.2) is 0 Å². The summed E-state index contributed by atoms with van der Waals surface area (Å²) in [6, 6.07) is 3.99. The summed E-state index contributed by atoms with van der Waals surface area (Å²) in [7, 11) is 7.53. The summed E-state index contributed by atoms with van der Waals surface area (Å²) in [5.41, 5.74) is 2.48. The predicted molar refractivity (Wildman–Crippen MR) is 66.5 cm³/mol. The largest absolute Gasteiger partial charge is 0.497 e. The van der Waals surface area contributed by atoms with Crippen molar-refractivity contribution in [3.63, 3.8) is 0 Å². The number of rotatable bonds is 5. The van der Waals surface area contributed by atoms with E-state index in [0.29, 0.717) is 0 Å². The van der Waals surface area contributed by atoms with Gasteiger partial charge in [-0.2, -0.15) is 0 Å². The monoisotopic (exact) mass is 223 g/mol. The molecule has 0 aromatic heterocycles. The van der Waals surface area contributed by atoms with Crippen molar-refractivity contribution in [2.75, 3.05) is 34.9 Å². The summed E-state index contributed by atoms with van der Waals surface area (Å²) in [6.07, 6.45) is 0.992. The predicted octanol–water partition coefficient (Wildman–Crippen LogP) is 2.12. The summed E-state index contributed by atoms with van der Waals surface area (Å²) in [6.45, 7) is 3.11. The van der Waals surface area contributed by atoms with Gasteiger partial charge in [0.05, 0.1) is 14.2 Å². The van der Waals surface area contributed by atoms with Gasteiger partial charge in [-0.3, -0.25) is 0 Å². The lowest BCUT2D eigenvalue weighted by Crippen LogP contribution is -2.16. The van der Waals surface area contributed by atoms with E-state index >= 15 is 0 Å². The Bertz CT molecular complexity index is 348. The Labute approximate surface area is 98.0 Å². The quantitative estimate of drug-likeness (QED) is 0.763. The first-order valence-corrected chi connectivity index (χ1v) is 5.44. The Hall–Kier alpha value is -1.22. The number of ether oxygens (including phenoxy) is 2. The van der Waals surface area contributed by atoms with Gasteiger partial charge in [0.2, 0.25) is 0 Å². The molecule has 0 amide bonds. The molecular weight excluding hydrogens is 202 g/mol. The van der Waals surface area contributed by atoms with E-state index in [9.17, 15) is 0 Å². The fraction of sp³-hybridized carbons (Fsp3) is 0.538. The zero-order chi connectivity index (χ0) is 12.1. The van der Waals surface area contributed by atoms with Crippen LogP contribution in [0.3, 0.4) is 0 Å². The maximum absolute atomic E-state index is 5.40. The second-order valence-electron chi connectivity index (χ2n) is 4.18. The SMILES string of the molecule is COc1cc(C)c(CCN(C)C)c(OC)c1. The topological polar surface area (TPSA) is 21.7 Å². The maximum atomic E-state index is 5.40. The molecule has 0 saturated heterocycles. The Morgan fingerprint density at radius 1 is 1.12 bits per heavy atom. The van der Waals surface area contributed by atoms with Crippen molar-refractivity contribution in [1.82, 2.24) is 4.90 Å². The van der Waals surface area contributed by atoms with E-state index in [1.165, 1.54) is 11.1 Å². The molecule has 3 heteroatoms. The van der Waals surface area contributed by atoms with Crippen LogP contribution >= 0.6 is 0 Å². The highest BCUT2D eigenvalue weighted by Gasteiger charge is 2.09. The third-order valence-electron chi connectivity index (χ3n) is 2.67. The van der Waals surface area contributed by atoms with Crippen molar-refractivity contribution in [2.24, 2.45) is 0 Å². The van der Waals surface area contributed by atoms with Crippen molar-refractivity contribution < 1.29 is 9.47 Å². The number of hydrogen-bond donors (Lipinski definition) is 0. The first kappa shape index (κ1) is 12.8. The Morgan fingerprint density at radius 3 is 2.31 bits per heavy atom.